The Hall–Kier alpha value is -0.860. The van der Waals surface area contributed by atoms with Gasteiger partial charge in [-0.1, -0.05) is 49.3 Å². The second-order valence-electron chi connectivity index (χ2n) is 8.11. The molecule has 114 valence electrons. The fraction of sp³-hybridized carbons (Fsp3) is 0.684. The van der Waals surface area contributed by atoms with Gasteiger partial charge < -0.3 is 10.8 Å². The molecular formula is C19H27NO. The third-order valence-corrected chi connectivity index (χ3v) is 7.17. The van der Waals surface area contributed by atoms with Gasteiger partial charge in [-0.15, -0.1) is 0 Å². The number of rotatable bonds is 0. The van der Waals surface area contributed by atoms with Crippen molar-refractivity contribution in [3.8, 4) is 0 Å². The summed E-state index contributed by atoms with van der Waals surface area (Å²) in [5.74, 6) is 1.28. The molecule has 0 aliphatic heterocycles. The lowest BCUT2D eigenvalue weighted by molar-refractivity contribution is 0.110. The van der Waals surface area contributed by atoms with E-state index in [1.807, 2.05) is 6.08 Å². The highest BCUT2D eigenvalue weighted by atomic mass is 16.3. The number of aliphatic hydroxyl groups is 1. The van der Waals surface area contributed by atoms with E-state index in [1.165, 1.54) is 31.3 Å². The normalized spacial score (nSPS) is 51.6. The van der Waals surface area contributed by atoms with Gasteiger partial charge in [0.1, 0.15) is 0 Å². The first kappa shape index (κ1) is 13.8. The van der Waals surface area contributed by atoms with Crippen LogP contribution >= 0.6 is 0 Å². The van der Waals surface area contributed by atoms with Crippen LogP contribution < -0.4 is 5.73 Å². The van der Waals surface area contributed by atoms with Crippen molar-refractivity contribution in [2.24, 2.45) is 28.4 Å². The van der Waals surface area contributed by atoms with Crippen LogP contribution in [0.25, 0.3) is 0 Å². The molecule has 0 aromatic rings. The molecule has 0 aromatic carbocycles. The SMILES string of the molecule is C[C@]12CC[C@H]3C(=CC=C4C[C@@H](O)C=C[C@@]43C)[C@@H]1CC[C@@H]2N. The fourth-order valence-corrected chi connectivity index (χ4v) is 5.63. The van der Waals surface area contributed by atoms with Gasteiger partial charge in [-0.3, -0.25) is 0 Å². The first-order valence-corrected chi connectivity index (χ1v) is 8.49. The average molecular weight is 285 g/mol. The molecule has 4 aliphatic carbocycles. The molecule has 0 unspecified atom stereocenters. The first-order chi connectivity index (χ1) is 9.95. The second-order valence-corrected chi connectivity index (χ2v) is 8.11. The Balaban J connectivity index is 1.77. The van der Waals surface area contributed by atoms with E-state index in [1.54, 1.807) is 5.57 Å². The zero-order chi connectivity index (χ0) is 14.8. The molecule has 6 atom stereocenters. The zero-order valence-corrected chi connectivity index (χ0v) is 13.2. The molecule has 0 heterocycles. The zero-order valence-electron chi connectivity index (χ0n) is 13.2. The standard InChI is InChI=1S/C19H27NO/c1-18-9-7-13(21)11-12(18)3-4-14-15-5-6-17(20)19(15,2)10-8-16(14)18/h3-4,7,9,13,15-17,21H,5-6,8,10-11,20H2,1-2H3/t13-,15-,16-,17-,18-,19-/m0/s1. The van der Waals surface area contributed by atoms with Gasteiger partial charge in [0.2, 0.25) is 0 Å². The van der Waals surface area contributed by atoms with Crippen molar-refractivity contribution in [2.75, 3.05) is 0 Å². The van der Waals surface area contributed by atoms with E-state index >= 15 is 0 Å². The van der Waals surface area contributed by atoms with Crippen molar-refractivity contribution in [2.45, 2.75) is 58.1 Å². The summed E-state index contributed by atoms with van der Waals surface area (Å²) in [5.41, 5.74) is 9.93. The molecule has 2 nitrogen and oxygen atoms in total. The summed E-state index contributed by atoms with van der Waals surface area (Å²) in [6.45, 7) is 4.78. The molecule has 0 saturated heterocycles. The number of fused-ring (bicyclic) bond motifs is 5. The maximum Gasteiger partial charge on any atom is 0.0758 e. The van der Waals surface area contributed by atoms with Crippen molar-refractivity contribution in [3.63, 3.8) is 0 Å². The maximum absolute atomic E-state index is 9.92. The summed E-state index contributed by atoms with van der Waals surface area (Å²) in [5, 5.41) is 9.92. The topological polar surface area (TPSA) is 46.2 Å². The molecule has 2 fully saturated rings. The third-order valence-electron chi connectivity index (χ3n) is 7.17. The summed E-state index contributed by atoms with van der Waals surface area (Å²) in [6, 6.07) is 0.367. The van der Waals surface area contributed by atoms with E-state index in [2.05, 4.69) is 32.1 Å². The molecule has 4 rings (SSSR count). The summed E-state index contributed by atoms with van der Waals surface area (Å²) in [4.78, 5) is 0. The molecule has 2 heteroatoms. The van der Waals surface area contributed by atoms with E-state index in [0.717, 1.165) is 6.42 Å². The summed E-state index contributed by atoms with van der Waals surface area (Å²) < 4.78 is 0. The van der Waals surface area contributed by atoms with Gasteiger partial charge in [-0.05, 0) is 49.4 Å². The minimum absolute atomic E-state index is 0.122. The van der Waals surface area contributed by atoms with Gasteiger partial charge in [0, 0.05) is 11.5 Å². The molecule has 2 saturated carbocycles. The molecule has 4 aliphatic rings. The van der Waals surface area contributed by atoms with Crippen LogP contribution in [0, 0.1) is 22.7 Å². The van der Waals surface area contributed by atoms with Crippen molar-refractivity contribution in [1.82, 2.24) is 0 Å². The van der Waals surface area contributed by atoms with Crippen LogP contribution in [0.15, 0.2) is 35.5 Å². The van der Waals surface area contributed by atoms with E-state index in [9.17, 15) is 5.11 Å². The number of nitrogens with two attached hydrogens (primary N) is 1. The first-order valence-electron chi connectivity index (χ1n) is 8.49. The highest BCUT2D eigenvalue weighted by Crippen LogP contribution is 2.61. The minimum atomic E-state index is -0.298. The molecule has 0 bridgehead atoms. The quantitative estimate of drug-likeness (QED) is 0.671. The average Bonchev–Trinajstić information content (AvgIpc) is 2.76. The maximum atomic E-state index is 9.92. The Morgan fingerprint density at radius 1 is 1.14 bits per heavy atom. The highest BCUT2D eigenvalue weighted by molar-refractivity contribution is 5.42. The van der Waals surface area contributed by atoms with Gasteiger partial charge in [0.05, 0.1) is 6.10 Å². The Morgan fingerprint density at radius 2 is 1.95 bits per heavy atom. The summed E-state index contributed by atoms with van der Waals surface area (Å²) >= 11 is 0. The predicted molar refractivity (Wildman–Crippen MR) is 85.6 cm³/mol. The van der Waals surface area contributed by atoms with Gasteiger partial charge in [0.15, 0.2) is 0 Å². The summed E-state index contributed by atoms with van der Waals surface area (Å²) in [6.07, 6.45) is 14.4. The van der Waals surface area contributed by atoms with Gasteiger partial charge in [0.25, 0.3) is 0 Å². The molecule has 0 aromatic heterocycles. The van der Waals surface area contributed by atoms with Crippen LogP contribution in [0.4, 0.5) is 0 Å². The van der Waals surface area contributed by atoms with Crippen LogP contribution in [0.1, 0.15) is 46.0 Å². The van der Waals surface area contributed by atoms with E-state index in [4.69, 9.17) is 5.73 Å². The van der Waals surface area contributed by atoms with Gasteiger partial charge in [-0.2, -0.15) is 0 Å². The van der Waals surface area contributed by atoms with Crippen LogP contribution in [-0.4, -0.2) is 17.3 Å². The Morgan fingerprint density at radius 3 is 2.76 bits per heavy atom. The number of aliphatic hydroxyl groups excluding tert-OH is 1. The van der Waals surface area contributed by atoms with Crippen molar-refractivity contribution >= 4 is 0 Å². The van der Waals surface area contributed by atoms with Crippen molar-refractivity contribution in [1.29, 1.82) is 0 Å². The summed E-state index contributed by atoms with van der Waals surface area (Å²) in [7, 11) is 0. The molecule has 21 heavy (non-hydrogen) atoms. The predicted octanol–water partition coefficient (Wildman–Crippen LogP) is 3.33. The third kappa shape index (κ3) is 1.72. The van der Waals surface area contributed by atoms with Crippen LogP contribution in [0.2, 0.25) is 0 Å². The van der Waals surface area contributed by atoms with Gasteiger partial charge >= 0.3 is 0 Å². The van der Waals surface area contributed by atoms with E-state index in [0.29, 0.717) is 23.3 Å². The molecule has 3 N–H and O–H groups in total. The lowest BCUT2D eigenvalue weighted by Gasteiger charge is -2.52. The Kier molecular flexibility index (Phi) is 2.84. The lowest BCUT2D eigenvalue weighted by atomic mass is 9.52. The minimum Gasteiger partial charge on any atom is -0.389 e. The highest BCUT2D eigenvalue weighted by Gasteiger charge is 2.54. The fourth-order valence-electron chi connectivity index (χ4n) is 5.63. The van der Waals surface area contributed by atoms with E-state index in [-0.39, 0.29) is 11.5 Å². The van der Waals surface area contributed by atoms with Crippen molar-refractivity contribution in [3.05, 3.63) is 35.5 Å². The number of allylic oxidation sites excluding steroid dienone is 4. The Labute approximate surface area is 127 Å². The molecular weight excluding hydrogens is 258 g/mol. The van der Waals surface area contributed by atoms with Crippen LogP contribution in [-0.2, 0) is 0 Å². The van der Waals surface area contributed by atoms with Crippen molar-refractivity contribution < 1.29 is 5.11 Å². The molecule has 0 amide bonds. The van der Waals surface area contributed by atoms with Crippen LogP contribution in [0.3, 0.4) is 0 Å². The smallest absolute Gasteiger partial charge is 0.0758 e. The monoisotopic (exact) mass is 285 g/mol. The largest absolute Gasteiger partial charge is 0.389 e. The molecule has 0 radical (unpaired) electrons. The lowest BCUT2D eigenvalue weighted by Crippen LogP contribution is -2.47. The number of hydrogen-bond acceptors (Lipinski definition) is 2. The van der Waals surface area contributed by atoms with Gasteiger partial charge in [-0.25, -0.2) is 0 Å². The van der Waals surface area contributed by atoms with E-state index < -0.39 is 0 Å². The second kappa shape index (κ2) is 4.33. The van der Waals surface area contributed by atoms with Crippen LogP contribution in [0.5, 0.6) is 0 Å². The Bertz CT molecular complexity index is 560. The number of hydrogen-bond donors (Lipinski definition) is 2. The molecule has 0 spiro atoms.